The number of hydrazone groups is 1. The molecule has 54 heavy (non-hydrogen) atoms. The van der Waals surface area contributed by atoms with E-state index < -0.39 is 11.9 Å². The number of likely N-dealkylation sites (N-methyl/N-ethyl adjacent to an activating group) is 1. The van der Waals surface area contributed by atoms with Crippen LogP contribution in [0.4, 0.5) is 0 Å². The number of aldehydes is 1. The molecule has 0 aliphatic heterocycles. The lowest BCUT2D eigenvalue weighted by Gasteiger charge is -2.18. The Kier molecular flexibility index (Phi) is 17.7. The first kappa shape index (κ1) is 42.8. The van der Waals surface area contributed by atoms with Crippen LogP contribution in [0.1, 0.15) is 81.3 Å². The number of nitrogens with two attached hydrogens (primary N) is 2. The minimum absolute atomic E-state index is 0.168. The van der Waals surface area contributed by atoms with E-state index in [1.807, 2.05) is 90.7 Å². The zero-order chi connectivity index (χ0) is 39.3. The van der Waals surface area contributed by atoms with Crippen LogP contribution in [0, 0.1) is 0 Å². The molecular formula is C41H55N9O4. The highest BCUT2D eigenvalue weighted by Crippen LogP contribution is 2.24. The van der Waals surface area contributed by atoms with E-state index in [-0.39, 0.29) is 23.8 Å². The molecule has 288 valence electrons. The first-order valence-corrected chi connectivity index (χ1v) is 18.2. The average Bonchev–Trinajstić information content (AvgIpc) is 3.18. The van der Waals surface area contributed by atoms with Gasteiger partial charge in [-0.15, -0.1) is 5.10 Å². The highest BCUT2D eigenvalue weighted by molar-refractivity contribution is 5.98. The molecule has 0 radical (unpaired) electrons. The zero-order valence-corrected chi connectivity index (χ0v) is 32.0. The lowest BCUT2D eigenvalue weighted by Crippen LogP contribution is -2.49. The van der Waals surface area contributed by atoms with E-state index >= 15 is 0 Å². The highest BCUT2D eigenvalue weighted by Gasteiger charge is 2.18. The SMILES string of the molecule is CC(C)(C)c1ccc(C=O)cc1.CCCCCCCOc1ccc(-c2cnc(-c3ccc(C[C@H](NC)C(=O)NCC(=O)N/C(N)=N/NN)cc3)nc2)cc1. The summed E-state index contributed by atoms with van der Waals surface area (Å²) in [5.41, 5.74) is 13.3. The van der Waals surface area contributed by atoms with E-state index in [2.05, 4.69) is 58.7 Å². The Hall–Kier alpha value is -5.66. The summed E-state index contributed by atoms with van der Waals surface area (Å²) < 4.78 is 5.86. The molecule has 0 saturated carbocycles. The number of nitrogens with zero attached hydrogens (tertiary/aromatic N) is 3. The van der Waals surface area contributed by atoms with Gasteiger partial charge in [-0.1, -0.05) is 114 Å². The topological polar surface area (TPSA) is 199 Å². The lowest BCUT2D eigenvalue weighted by atomic mass is 9.87. The van der Waals surface area contributed by atoms with Gasteiger partial charge in [-0.25, -0.2) is 21.3 Å². The number of guanidine groups is 1. The van der Waals surface area contributed by atoms with Crippen LogP contribution in [-0.4, -0.2) is 60.3 Å². The highest BCUT2D eigenvalue weighted by atomic mass is 16.5. The zero-order valence-electron chi connectivity index (χ0n) is 32.0. The van der Waals surface area contributed by atoms with Crippen LogP contribution >= 0.6 is 0 Å². The molecule has 0 bridgehead atoms. The average molecular weight is 738 g/mol. The third-order valence-corrected chi connectivity index (χ3v) is 8.46. The summed E-state index contributed by atoms with van der Waals surface area (Å²) in [6.45, 7) is 9.16. The molecule has 0 saturated heterocycles. The van der Waals surface area contributed by atoms with Gasteiger partial charge in [-0.3, -0.25) is 19.7 Å². The maximum absolute atomic E-state index is 12.6. The summed E-state index contributed by atoms with van der Waals surface area (Å²) in [5.74, 6) is 5.41. The minimum Gasteiger partial charge on any atom is -0.494 e. The number of amides is 2. The first-order valence-electron chi connectivity index (χ1n) is 18.2. The first-order chi connectivity index (χ1) is 26.0. The number of hydrogen-bond donors (Lipinski definition) is 6. The van der Waals surface area contributed by atoms with Crippen molar-refractivity contribution in [2.45, 2.75) is 77.7 Å². The van der Waals surface area contributed by atoms with Crippen molar-refractivity contribution in [1.82, 2.24) is 31.5 Å². The molecular weight excluding hydrogens is 683 g/mol. The smallest absolute Gasteiger partial charge is 0.246 e. The van der Waals surface area contributed by atoms with Gasteiger partial charge >= 0.3 is 0 Å². The number of ether oxygens (including phenoxy) is 1. The third kappa shape index (κ3) is 14.8. The number of nitrogens with one attached hydrogen (secondary N) is 4. The van der Waals surface area contributed by atoms with E-state index in [1.165, 1.54) is 31.2 Å². The molecule has 13 heteroatoms. The largest absolute Gasteiger partial charge is 0.494 e. The van der Waals surface area contributed by atoms with Crippen molar-refractivity contribution in [1.29, 1.82) is 0 Å². The van der Waals surface area contributed by atoms with Gasteiger partial charge in [0.25, 0.3) is 0 Å². The molecule has 0 aliphatic carbocycles. The van der Waals surface area contributed by atoms with Gasteiger partial charge in [-0.05, 0) is 54.1 Å². The predicted octanol–water partition coefficient (Wildman–Crippen LogP) is 5.01. The molecule has 1 aromatic heterocycles. The Bertz CT molecular complexity index is 1760. The van der Waals surface area contributed by atoms with Crippen molar-refractivity contribution in [3.8, 4) is 28.3 Å². The molecule has 1 heterocycles. The second-order valence-electron chi connectivity index (χ2n) is 13.7. The number of hydrazine groups is 1. The second-order valence-corrected chi connectivity index (χ2v) is 13.7. The number of hydrogen-bond acceptors (Lipinski definition) is 10. The second kappa shape index (κ2) is 22.4. The number of carbonyl (C=O) groups excluding carboxylic acids is 3. The van der Waals surface area contributed by atoms with Gasteiger partial charge in [0.1, 0.15) is 12.0 Å². The summed E-state index contributed by atoms with van der Waals surface area (Å²) in [7, 11) is 1.68. The molecule has 0 unspecified atom stereocenters. The molecule has 0 fully saturated rings. The third-order valence-electron chi connectivity index (χ3n) is 8.46. The fourth-order valence-electron chi connectivity index (χ4n) is 5.25. The standard InChI is InChI=1S/C30H41N9O3.C11H14O/c1-3-4-5-6-7-16-42-25-14-12-22(13-15-25)24-18-34-28(35-19-24)23-10-8-21(9-11-23)17-26(33-2)29(41)36-20-27(40)37-30(31)38-39-32;1-11(2,3)10-6-4-9(8-12)5-7-10/h8-15,18-19,26,33,39H,3-7,16-17,20,32H2,1-2H3,(H,36,41)(H3,31,37,38,40);4-8H,1-3H3/t26-;/m0./s1. The van der Waals surface area contributed by atoms with Crippen LogP contribution in [0.15, 0.2) is 90.3 Å². The summed E-state index contributed by atoms with van der Waals surface area (Å²) in [6.07, 6.45) is 11.0. The van der Waals surface area contributed by atoms with Gasteiger partial charge in [0.05, 0.1) is 19.2 Å². The molecule has 0 aliphatic rings. The summed E-state index contributed by atoms with van der Waals surface area (Å²) in [6, 6.07) is 22.9. The summed E-state index contributed by atoms with van der Waals surface area (Å²) >= 11 is 0. The molecule has 2 amide bonds. The van der Waals surface area contributed by atoms with Crippen LogP contribution < -0.4 is 37.8 Å². The summed E-state index contributed by atoms with van der Waals surface area (Å²) in [5, 5.41) is 11.3. The van der Waals surface area contributed by atoms with E-state index in [1.54, 1.807) is 7.05 Å². The van der Waals surface area contributed by atoms with Crippen LogP contribution in [0.5, 0.6) is 5.75 Å². The molecule has 4 aromatic rings. The van der Waals surface area contributed by atoms with E-state index in [0.717, 1.165) is 52.9 Å². The number of aromatic nitrogens is 2. The monoisotopic (exact) mass is 737 g/mol. The van der Waals surface area contributed by atoms with Crippen LogP contribution in [-0.2, 0) is 21.4 Å². The maximum Gasteiger partial charge on any atom is 0.246 e. The van der Waals surface area contributed by atoms with Gasteiger partial charge < -0.3 is 21.1 Å². The van der Waals surface area contributed by atoms with Gasteiger partial charge in [0.2, 0.25) is 17.8 Å². The molecule has 0 spiro atoms. The normalized spacial score (nSPS) is 11.8. The van der Waals surface area contributed by atoms with Gasteiger partial charge in [0.15, 0.2) is 5.82 Å². The van der Waals surface area contributed by atoms with Crippen LogP contribution in [0.2, 0.25) is 0 Å². The maximum atomic E-state index is 12.6. The number of rotatable bonds is 17. The Balaban J connectivity index is 0.000000553. The molecule has 13 nitrogen and oxygen atoms in total. The number of unbranched alkanes of at least 4 members (excludes halogenated alkanes) is 4. The van der Waals surface area contributed by atoms with Crippen molar-refractivity contribution >= 4 is 24.1 Å². The molecule has 4 rings (SSSR count). The number of carbonyl (C=O) groups is 3. The minimum atomic E-state index is -0.543. The molecule has 8 N–H and O–H groups in total. The van der Waals surface area contributed by atoms with Gasteiger partial charge in [0, 0.05) is 29.1 Å². The fourth-order valence-corrected chi connectivity index (χ4v) is 5.25. The fraction of sp³-hybridized carbons (Fsp3) is 0.366. The summed E-state index contributed by atoms with van der Waals surface area (Å²) in [4.78, 5) is 43.9. The quantitative estimate of drug-likeness (QED) is 0.0214. The van der Waals surface area contributed by atoms with Crippen molar-refractivity contribution in [2.75, 3.05) is 20.2 Å². The Morgan fingerprint density at radius 2 is 1.50 bits per heavy atom. The van der Waals surface area contributed by atoms with Crippen LogP contribution in [0.3, 0.4) is 0 Å². The van der Waals surface area contributed by atoms with Gasteiger partial charge in [-0.2, -0.15) is 0 Å². The lowest BCUT2D eigenvalue weighted by molar-refractivity contribution is -0.126. The van der Waals surface area contributed by atoms with E-state index in [4.69, 9.17) is 16.3 Å². The Labute approximate surface area is 318 Å². The van der Waals surface area contributed by atoms with Crippen LogP contribution in [0.25, 0.3) is 22.5 Å². The van der Waals surface area contributed by atoms with Crippen molar-refractivity contribution < 1.29 is 19.1 Å². The van der Waals surface area contributed by atoms with Crippen molar-refractivity contribution in [2.24, 2.45) is 16.7 Å². The van der Waals surface area contributed by atoms with Crippen molar-refractivity contribution in [3.63, 3.8) is 0 Å². The Morgan fingerprint density at radius 3 is 2.07 bits per heavy atom. The predicted molar refractivity (Wildman–Crippen MR) is 214 cm³/mol. The Morgan fingerprint density at radius 1 is 0.870 bits per heavy atom. The van der Waals surface area contributed by atoms with E-state index in [9.17, 15) is 14.4 Å². The number of benzene rings is 3. The molecule has 1 atom stereocenters. The van der Waals surface area contributed by atoms with Crippen molar-refractivity contribution in [3.05, 3.63) is 102 Å². The molecule has 3 aromatic carbocycles. The van der Waals surface area contributed by atoms with E-state index in [0.29, 0.717) is 12.2 Å².